The molecule has 4 heteroatoms. The Morgan fingerprint density at radius 3 is 2.91 bits per heavy atom. The molecule has 0 spiro atoms. The van der Waals surface area contributed by atoms with Crippen LogP contribution in [0, 0.1) is 5.92 Å². The van der Waals surface area contributed by atoms with E-state index in [9.17, 15) is 9.18 Å². The molecule has 1 rings (SSSR count). The van der Waals surface area contributed by atoms with Crippen LogP contribution >= 0.6 is 0 Å². The van der Waals surface area contributed by atoms with Gasteiger partial charge in [0.1, 0.15) is 12.1 Å². The number of carbonyl (C=O) groups excluding carboxylic acids is 1. The van der Waals surface area contributed by atoms with Crippen LogP contribution in [0.3, 0.4) is 0 Å². The van der Waals surface area contributed by atoms with E-state index in [0.717, 1.165) is 0 Å². The van der Waals surface area contributed by atoms with Gasteiger partial charge < -0.3 is 10.1 Å². The van der Waals surface area contributed by atoms with Crippen LogP contribution in [0.15, 0.2) is 0 Å². The summed E-state index contributed by atoms with van der Waals surface area (Å²) in [7, 11) is 0. The van der Waals surface area contributed by atoms with Gasteiger partial charge in [0.2, 0.25) is 0 Å². The fourth-order valence-electron chi connectivity index (χ4n) is 1.13. The topological polar surface area (TPSA) is 38.3 Å². The maximum absolute atomic E-state index is 12.8. The van der Waals surface area contributed by atoms with Crippen LogP contribution in [-0.2, 0) is 9.53 Å². The molecule has 0 amide bonds. The maximum Gasteiger partial charge on any atom is 0.313 e. The molecule has 0 aromatic rings. The molecule has 0 bridgehead atoms. The van der Waals surface area contributed by atoms with Gasteiger partial charge in [-0.05, 0) is 6.92 Å². The van der Waals surface area contributed by atoms with Crippen molar-refractivity contribution >= 4 is 5.97 Å². The molecule has 0 saturated carbocycles. The first kappa shape index (κ1) is 8.46. The minimum atomic E-state index is -1.07. The van der Waals surface area contributed by atoms with Crippen LogP contribution < -0.4 is 5.32 Å². The van der Waals surface area contributed by atoms with E-state index in [-0.39, 0.29) is 6.54 Å². The first-order chi connectivity index (χ1) is 5.25. The molecule has 1 heterocycles. The minimum absolute atomic E-state index is 0.267. The summed E-state index contributed by atoms with van der Waals surface area (Å²) >= 11 is 0. The van der Waals surface area contributed by atoms with Crippen molar-refractivity contribution in [3.8, 4) is 0 Å². The summed E-state index contributed by atoms with van der Waals surface area (Å²) in [6.07, 6.45) is -1.07. The summed E-state index contributed by atoms with van der Waals surface area (Å²) in [4.78, 5) is 11.0. The number of carbonyl (C=O) groups is 1. The molecule has 64 valence electrons. The smallest absolute Gasteiger partial charge is 0.313 e. The highest BCUT2D eigenvalue weighted by molar-refractivity contribution is 5.73. The summed E-state index contributed by atoms with van der Waals surface area (Å²) in [5.41, 5.74) is 0. The predicted octanol–water partition coefficient (Wildman–Crippen LogP) is 0.107. The molecule has 1 aliphatic heterocycles. The van der Waals surface area contributed by atoms with Crippen LogP contribution in [0.25, 0.3) is 0 Å². The second kappa shape index (κ2) is 3.67. The van der Waals surface area contributed by atoms with Crippen LogP contribution in [0.1, 0.15) is 6.92 Å². The Morgan fingerprint density at radius 2 is 2.45 bits per heavy atom. The van der Waals surface area contributed by atoms with Crippen LogP contribution in [0.4, 0.5) is 4.39 Å². The van der Waals surface area contributed by atoms with Gasteiger partial charge in [0.25, 0.3) is 0 Å². The van der Waals surface area contributed by atoms with E-state index in [1.807, 2.05) is 0 Å². The normalized spacial score (nSPS) is 30.4. The highest BCUT2D eigenvalue weighted by atomic mass is 19.1. The van der Waals surface area contributed by atoms with Gasteiger partial charge in [-0.15, -0.1) is 0 Å². The van der Waals surface area contributed by atoms with E-state index in [1.54, 1.807) is 6.92 Å². The zero-order chi connectivity index (χ0) is 8.27. The summed E-state index contributed by atoms with van der Waals surface area (Å²) in [6.45, 7) is 2.71. The molecule has 1 aliphatic rings. The minimum Gasteiger partial charge on any atom is -0.466 e. The average Bonchev–Trinajstić information content (AvgIpc) is 2.36. The molecule has 0 unspecified atom stereocenters. The Morgan fingerprint density at radius 1 is 1.73 bits per heavy atom. The number of alkyl halides is 1. The van der Waals surface area contributed by atoms with E-state index < -0.39 is 18.1 Å². The van der Waals surface area contributed by atoms with Gasteiger partial charge in [0.05, 0.1) is 6.61 Å². The third kappa shape index (κ3) is 1.89. The highest BCUT2D eigenvalue weighted by Gasteiger charge is 2.33. The summed E-state index contributed by atoms with van der Waals surface area (Å²) in [5.74, 6) is -1.01. The zero-order valence-corrected chi connectivity index (χ0v) is 6.47. The fraction of sp³-hybridized carbons (Fsp3) is 0.857. The molecule has 1 saturated heterocycles. The zero-order valence-electron chi connectivity index (χ0n) is 6.47. The largest absolute Gasteiger partial charge is 0.466 e. The predicted molar refractivity (Wildman–Crippen MR) is 37.9 cm³/mol. The van der Waals surface area contributed by atoms with Crippen molar-refractivity contribution in [3.63, 3.8) is 0 Å². The first-order valence-electron chi connectivity index (χ1n) is 3.77. The third-order valence-electron chi connectivity index (χ3n) is 1.73. The van der Waals surface area contributed by atoms with Crippen LogP contribution in [-0.4, -0.2) is 31.8 Å². The molecule has 2 atom stereocenters. The molecule has 11 heavy (non-hydrogen) atoms. The molecule has 1 fully saturated rings. The monoisotopic (exact) mass is 161 g/mol. The standard InChI is InChI=1S/C7H12FNO2/c1-2-11-7(10)5-3-9-4-6(5)8/h5-6,9H,2-4H2,1H3/t5-,6-/m1/s1. The third-order valence-corrected chi connectivity index (χ3v) is 1.73. The molecule has 1 N–H and O–H groups in total. The lowest BCUT2D eigenvalue weighted by molar-refractivity contribution is -0.148. The van der Waals surface area contributed by atoms with E-state index in [4.69, 9.17) is 0 Å². The quantitative estimate of drug-likeness (QED) is 0.584. The number of esters is 1. The van der Waals surface area contributed by atoms with Gasteiger partial charge >= 0.3 is 5.97 Å². The van der Waals surface area contributed by atoms with E-state index in [1.165, 1.54) is 0 Å². The number of ether oxygens (including phenoxy) is 1. The fourth-order valence-corrected chi connectivity index (χ4v) is 1.13. The van der Waals surface area contributed by atoms with Crippen molar-refractivity contribution < 1.29 is 13.9 Å². The Bertz CT molecular complexity index is 151. The van der Waals surface area contributed by atoms with Crippen molar-refractivity contribution in [2.75, 3.05) is 19.7 Å². The van der Waals surface area contributed by atoms with Gasteiger partial charge in [-0.25, -0.2) is 4.39 Å². The van der Waals surface area contributed by atoms with Crippen LogP contribution in [0.2, 0.25) is 0 Å². The number of hydrogen-bond acceptors (Lipinski definition) is 3. The van der Waals surface area contributed by atoms with Gasteiger partial charge in [0.15, 0.2) is 0 Å². The van der Waals surface area contributed by atoms with E-state index >= 15 is 0 Å². The van der Waals surface area contributed by atoms with Crippen molar-refractivity contribution in [2.24, 2.45) is 5.92 Å². The number of halogens is 1. The second-order valence-electron chi connectivity index (χ2n) is 2.53. The lowest BCUT2D eigenvalue weighted by Crippen LogP contribution is -2.25. The molecular formula is C7H12FNO2. The number of rotatable bonds is 2. The van der Waals surface area contributed by atoms with Crippen molar-refractivity contribution in [2.45, 2.75) is 13.1 Å². The Labute approximate surface area is 64.9 Å². The summed E-state index contributed by atoms with van der Waals surface area (Å²) < 4.78 is 17.5. The molecule has 0 radical (unpaired) electrons. The Kier molecular flexibility index (Phi) is 2.82. The van der Waals surface area contributed by atoms with Crippen molar-refractivity contribution in [1.29, 1.82) is 0 Å². The van der Waals surface area contributed by atoms with Crippen LogP contribution in [0.5, 0.6) is 0 Å². The highest BCUT2D eigenvalue weighted by Crippen LogP contribution is 2.13. The maximum atomic E-state index is 12.8. The second-order valence-corrected chi connectivity index (χ2v) is 2.53. The lowest BCUT2D eigenvalue weighted by Gasteiger charge is -2.09. The molecule has 0 aromatic carbocycles. The lowest BCUT2D eigenvalue weighted by atomic mass is 10.1. The first-order valence-corrected chi connectivity index (χ1v) is 3.77. The van der Waals surface area contributed by atoms with Crippen molar-refractivity contribution in [1.82, 2.24) is 5.32 Å². The Hall–Kier alpha value is -0.640. The molecular weight excluding hydrogens is 149 g/mol. The van der Waals surface area contributed by atoms with Gasteiger partial charge in [-0.2, -0.15) is 0 Å². The molecule has 3 nitrogen and oxygen atoms in total. The van der Waals surface area contributed by atoms with Gasteiger partial charge in [0, 0.05) is 13.1 Å². The SMILES string of the molecule is CCOC(=O)[C@@H]1CNC[C@H]1F. The average molecular weight is 161 g/mol. The van der Waals surface area contributed by atoms with Gasteiger partial charge in [-0.3, -0.25) is 4.79 Å². The summed E-state index contributed by atoms with van der Waals surface area (Å²) in [6, 6.07) is 0. The van der Waals surface area contributed by atoms with Crippen molar-refractivity contribution in [3.05, 3.63) is 0 Å². The Balaban J connectivity index is 2.39. The van der Waals surface area contributed by atoms with E-state index in [0.29, 0.717) is 13.2 Å². The van der Waals surface area contributed by atoms with E-state index in [2.05, 4.69) is 10.1 Å². The summed E-state index contributed by atoms with van der Waals surface area (Å²) in [5, 5.41) is 2.79. The van der Waals surface area contributed by atoms with Gasteiger partial charge in [-0.1, -0.05) is 0 Å². The molecule has 0 aromatic heterocycles. The molecule has 0 aliphatic carbocycles. The number of hydrogen-bond donors (Lipinski definition) is 1. The number of nitrogens with one attached hydrogen (secondary N) is 1.